The van der Waals surface area contributed by atoms with Crippen molar-refractivity contribution in [3.8, 4) is 0 Å². The summed E-state index contributed by atoms with van der Waals surface area (Å²) in [5.41, 5.74) is 0.105. The van der Waals surface area contributed by atoms with Gasteiger partial charge < -0.3 is 9.74 Å². The molecule has 2 aliphatic rings. The molecule has 2 aliphatic heterocycles. The highest BCUT2D eigenvalue weighted by molar-refractivity contribution is 6.20. The van der Waals surface area contributed by atoms with Crippen molar-refractivity contribution in [2.75, 3.05) is 13.1 Å². The second-order valence-electron chi connectivity index (χ2n) is 5.91. The first-order valence-electron chi connectivity index (χ1n) is 7.74. The molecule has 0 spiro atoms. The Morgan fingerprint density at radius 1 is 1.12 bits per heavy atom. The smallest absolute Gasteiger partial charge is 0.331 e. The van der Waals surface area contributed by atoms with Crippen LogP contribution in [0.25, 0.3) is 0 Å². The van der Waals surface area contributed by atoms with Gasteiger partial charge in [-0.1, -0.05) is 17.2 Å². The number of imide groups is 1. The first-order valence-corrected chi connectivity index (χ1v) is 7.74. The van der Waals surface area contributed by atoms with E-state index in [4.69, 9.17) is 4.84 Å². The third kappa shape index (κ3) is 3.14. The van der Waals surface area contributed by atoms with Gasteiger partial charge in [-0.15, -0.1) is 0 Å². The van der Waals surface area contributed by atoms with Crippen molar-refractivity contribution in [3.05, 3.63) is 35.4 Å². The Balaban J connectivity index is 1.66. The van der Waals surface area contributed by atoms with E-state index in [0.29, 0.717) is 0 Å². The summed E-state index contributed by atoms with van der Waals surface area (Å²) >= 11 is 0. The summed E-state index contributed by atoms with van der Waals surface area (Å²) in [6, 6.07) is 5.81. The fourth-order valence-electron chi connectivity index (χ4n) is 2.94. The molecule has 26 heavy (non-hydrogen) atoms. The summed E-state index contributed by atoms with van der Waals surface area (Å²) < 4.78 is 38.5. The monoisotopic (exact) mass is 370 g/mol. The van der Waals surface area contributed by atoms with Crippen LogP contribution in [0.5, 0.6) is 0 Å². The Hall–Kier alpha value is -2.91. The Morgan fingerprint density at radius 2 is 1.69 bits per heavy atom. The largest absolute Gasteiger partial charge is 0.400 e. The Labute approximate surface area is 145 Å². The molecule has 1 fully saturated rings. The molecule has 0 aliphatic carbocycles. The van der Waals surface area contributed by atoms with E-state index in [1.807, 2.05) is 0 Å². The zero-order valence-electron chi connectivity index (χ0n) is 13.3. The first-order chi connectivity index (χ1) is 12.2. The van der Waals surface area contributed by atoms with Crippen LogP contribution in [0.1, 0.15) is 33.6 Å². The van der Waals surface area contributed by atoms with Gasteiger partial charge in [-0.2, -0.15) is 13.2 Å². The lowest BCUT2D eigenvalue weighted by Crippen LogP contribution is -2.49. The van der Waals surface area contributed by atoms with Crippen molar-refractivity contribution in [2.45, 2.75) is 19.0 Å². The van der Waals surface area contributed by atoms with Gasteiger partial charge in [0.25, 0.3) is 11.8 Å². The molecule has 0 saturated carbocycles. The number of hydroxylamine groups is 2. The van der Waals surface area contributed by atoms with E-state index in [-0.39, 0.29) is 35.6 Å². The molecule has 0 N–H and O–H groups in total. The number of carbonyl (C=O) groups is 4. The number of amides is 3. The molecule has 1 unspecified atom stereocenters. The number of fused-ring (bicyclic) bond motifs is 1. The maximum atomic E-state index is 12.8. The van der Waals surface area contributed by atoms with Crippen molar-refractivity contribution in [3.63, 3.8) is 0 Å². The highest BCUT2D eigenvalue weighted by Gasteiger charge is 2.48. The average Bonchev–Trinajstić information content (AvgIpc) is 2.81. The molecule has 0 radical (unpaired) electrons. The number of benzene rings is 1. The lowest BCUT2D eigenvalue weighted by molar-refractivity contribution is -0.197. The molecule has 138 valence electrons. The van der Waals surface area contributed by atoms with Crippen LogP contribution in [0.3, 0.4) is 0 Å². The second kappa shape index (κ2) is 6.43. The van der Waals surface area contributed by atoms with Gasteiger partial charge in [0.1, 0.15) is 12.5 Å². The maximum Gasteiger partial charge on any atom is 0.400 e. The van der Waals surface area contributed by atoms with Crippen LogP contribution in [-0.4, -0.2) is 52.9 Å². The molecule has 1 aromatic carbocycles. The van der Waals surface area contributed by atoms with Crippen LogP contribution in [-0.2, 0) is 14.4 Å². The van der Waals surface area contributed by atoms with Gasteiger partial charge in [0.05, 0.1) is 11.1 Å². The molecular formula is C16H13F3N2O5. The van der Waals surface area contributed by atoms with Crippen molar-refractivity contribution >= 4 is 23.7 Å². The number of rotatable bonds is 3. The average molecular weight is 370 g/mol. The van der Waals surface area contributed by atoms with Gasteiger partial charge in [0.2, 0.25) is 5.91 Å². The molecule has 0 bridgehead atoms. The summed E-state index contributed by atoms with van der Waals surface area (Å²) in [7, 11) is 0. The van der Waals surface area contributed by atoms with Gasteiger partial charge in [0, 0.05) is 6.54 Å². The molecule has 1 aromatic rings. The minimum Gasteiger partial charge on any atom is -0.331 e. The van der Waals surface area contributed by atoms with Crippen LogP contribution in [0.15, 0.2) is 24.3 Å². The van der Waals surface area contributed by atoms with Gasteiger partial charge in [0.15, 0.2) is 0 Å². The van der Waals surface area contributed by atoms with Crippen molar-refractivity contribution in [1.82, 2.24) is 9.96 Å². The first kappa shape index (κ1) is 17.9. The predicted octanol–water partition coefficient (Wildman–Crippen LogP) is 1.54. The number of hydrogen-bond donors (Lipinski definition) is 0. The number of hydrogen-bond acceptors (Lipinski definition) is 5. The standard InChI is InChI=1S/C16H13F3N2O5/c17-16(18,19)11-6-3-7-20(15(11)25)8-12(22)26-21-13(23)9-4-1-2-5-10(9)14(21)24/h1-2,4-5,11H,3,6-8H2. The van der Waals surface area contributed by atoms with Gasteiger partial charge in [-0.3, -0.25) is 14.4 Å². The highest BCUT2D eigenvalue weighted by Crippen LogP contribution is 2.34. The Kier molecular flexibility index (Phi) is 4.43. The fraction of sp³-hybridized carbons (Fsp3) is 0.375. The minimum atomic E-state index is -4.69. The van der Waals surface area contributed by atoms with Gasteiger partial charge >= 0.3 is 12.1 Å². The molecular weight excluding hydrogens is 357 g/mol. The Morgan fingerprint density at radius 3 is 2.23 bits per heavy atom. The highest BCUT2D eigenvalue weighted by atomic mass is 19.4. The molecule has 3 rings (SSSR count). The molecule has 1 saturated heterocycles. The quantitative estimate of drug-likeness (QED) is 0.754. The van der Waals surface area contributed by atoms with Gasteiger partial charge in [-0.25, -0.2) is 4.79 Å². The third-order valence-electron chi connectivity index (χ3n) is 4.20. The third-order valence-corrected chi connectivity index (χ3v) is 4.20. The molecule has 1 atom stereocenters. The number of halogens is 3. The number of piperidine rings is 1. The number of likely N-dealkylation sites (tertiary alicyclic amines) is 1. The molecule has 0 aromatic heterocycles. The number of nitrogens with zero attached hydrogens (tertiary/aromatic N) is 2. The summed E-state index contributed by atoms with van der Waals surface area (Å²) in [6.07, 6.45) is -4.95. The number of carbonyl (C=O) groups excluding carboxylic acids is 4. The lowest BCUT2D eigenvalue weighted by Gasteiger charge is -2.32. The second-order valence-corrected chi connectivity index (χ2v) is 5.91. The zero-order valence-corrected chi connectivity index (χ0v) is 13.3. The summed E-state index contributed by atoms with van der Waals surface area (Å²) in [6.45, 7) is -0.818. The summed E-state index contributed by atoms with van der Waals surface area (Å²) in [5.74, 6) is -6.25. The normalized spacial score (nSPS) is 20.4. The molecule has 10 heteroatoms. The molecule has 2 heterocycles. The Bertz CT molecular complexity index is 757. The predicted molar refractivity (Wildman–Crippen MR) is 78.4 cm³/mol. The van der Waals surface area contributed by atoms with E-state index in [0.717, 1.165) is 4.90 Å². The van der Waals surface area contributed by atoms with E-state index in [1.54, 1.807) is 0 Å². The van der Waals surface area contributed by atoms with Crippen molar-refractivity contribution < 1.29 is 37.2 Å². The van der Waals surface area contributed by atoms with Crippen molar-refractivity contribution in [2.24, 2.45) is 5.92 Å². The van der Waals surface area contributed by atoms with Crippen LogP contribution < -0.4 is 0 Å². The lowest BCUT2D eigenvalue weighted by atomic mass is 9.96. The van der Waals surface area contributed by atoms with E-state index < -0.39 is 42.3 Å². The SMILES string of the molecule is O=C(CN1CCCC(C(F)(F)F)C1=O)ON1C(=O)c2ccccc2C1=O. The van der Waals surface area contributed by atoms with Gasteiger partial charge in [-0.05, 0) is 25.0 Å². The van der Waals surface area contributed by atoms with Crippen LogP contribution in [0, 0.1) is 5.92 Å². The van der Waals surface area contributed by atoms with Crippen LogP contribution in [0.2, 0.25) is 0 Å². The molecule has 7 nitrogen and oxygen atoms in total. The molecule has 3 amide bonds. The fourth-order valence-corrected chi connectivity index (χ4v) is 2.94. The number of alkyl halides is 3. The van der Waals surface area contributed by atoms with Crippen molar-refractivity contribution in [1.29, 1.82) is 0 Å². The van der Waals surface area contributed by atoms with Crippen LogP contribution >= 0.6 is 0 Å². The maximum absolute atomic E-state index is 12.8. The summed E-state index contributed by atoms with van der Waals surface area (Å²) in [4.78, 5) is 53.5. The van der Waals surface area contributed by atoms with E-state index in [9.17, 15) is 32.3 Å². The zero-order chi connectivity index (χ0) is 19.1. The van der Waals surface area contributed by atoms with E-state index in [1.165, 1.54) is 24.3 Å². The van der Waals surface area contributed by atoms with E-state index in [2.05, 4.69) is 0 Å². The summed E-state index contributed by atoms with van der Waals surface area (Å²) in [5, 5.41) is 0.253. The topological polar surface area (TPSA) is 84.0 Å². The van der Waals surface area contributed by atoms with E-state index >= 15 is 0 Å². The van der Waals surface area contributed by atoms with Crippen LogP contribution in [0.4, 0.5) is 13.2 Å². The minimum absolute atomic E-state index is 0.0391.